The van der Waals surface area contributed by atoms with Gasteiger partial charge in [0, 0.05) is 17.7 Å². The van der Waals surface area contributed by atoms with Crippen molar-refractivity contribution in [2.75, 3.05) is 12.3 Å². The zero-order valence-corrected chi connectivity index (χ0v) is 26.3. The van der Waals surface area contributed by atoms with E-state index < -0.39 is 64.4 Å². The number of nitrogens with zero attached hydrogens (tertiary/aromatic N) is 5. The van der Waals surface area contributed by atoms with Crippen molar-refractivity contribution in [1.82, 2.24) is 14.7 Å². The highest BCUT2D eigenvalue weighted by molar-refractivity contribution is 7.80. The van der Waals surface area contributed by atoms with Crippen molar-refractivity contribution in [3.8, 4) is 5.75 Å². The van der Waals surface area contributed by atoms with Crippen LogP contribution in [0.15, 0.2) is 34.9 Å². The molecule has 1 aliphatic carbocycles. The highest BCUT2D eigenvalue weighted by Crippen LogP contribution is 2.40. The lowest BCUT2D eigenvalue weighted by Crippen LogP contribution is -2.68. The van der Waals surface area contributed by atoms with Crippen LogP contribution in [0.25, 0.3) is 10.9 Å². The number of hydroxylamine groups is 2. The maximum Gasteiger partial charge on any atom is 0.418 e. The Hall–Kier alpha value is -4.13. The van der Waals surface area contributed by atoms with Crippen LogP contribution in [0.5, 0.6) is 5.75 Å². The first-order chi connectivity index (χ1) is 21.1. The van der Waals surface area contributed by atoms with Crippen LogP contribution in [0.4, 0.5) is 5.13 Å². The number of nitrogen functional groups attached to an aromatic ring is 1. The van der Waals surface area contributed by atoms with Crippen LogP contribution in [-0.4, -0.2) is 74.4 Å². The molecule has 2 atom stereocenters. The summed E-state index contributed by atoms with van der Waals surface area (Å²) >= 11 is 0.999. The number of ketones is 1. The molecule has 1 aromatic carbocycles. The van der Waals surface area contributed by atoms with Crippen molar-refractivity contribution < 1.29 is 51.0 Å². The lowest BCUT2D eigenvalue weighted by Gasteiger charge is -2.50. The van der Waals surface area contributed by atoms with E-state index in [1.54, 1.807) is 12.1 Å². The van der Waals surface area contributed by atoms with Gasteiger partial charge in [-0.05, 0) is 44.9 Å². The summed E-state index contributed by atoms with van der Waals surface area (Å²) in [5.41, 5.74) is 5.01. The third kappa shape index (κ3) is 6.92. The summed E-state index contributed by atoms with van der Waals surface area (Å²) in [7, 11) is -3.00. The molecule has 18 heteroatoms. The monoisotopic (exact) mass is 665 g/mol. The Bertz CT molecular complexity index is 1780. The van der Waals surface area contributed by atoms with Crippen molar-refractivity contribution in [3.63, 3.8) is 0 Å². The van der Waals surface area contributed by atoms with Crippen LogP contribution >= 0.6 is 11.3 Å². The average Bonchev–Trinajstić information content (AvgIpc) is 3.50. The van der Waals surface area contributed by atoms with E-state index in [-0.39, 0.29) is 10.8 Å². The number of carbonyl (C=O) groups is 3. The SMILES string of the molecule is Cn1c2ccc(OC[C@@H](O/N=C(\C(=O)C[C@@H]3C(=O)N(OS(=O)(=O)O)C3(C)C)c3csc(N)n3)C(=O)O)cc2c[n+]1CC1CCC1. The van der Waals surface area contributed by atoms with Crippen LogP contribution in [0.3, 0.4) is 0 Å². The number of aromatic nitrogens is 3. The molecule has 0 bridgehead atoms. The van der Waals surface area contributed by atoms with E-state index in [9.17, 15) is 27.9 Å². The van der Waals surface area contributed by atoms with Crippen LogP contribution in [0.2, 0.25) is 0 Å². The largest absolute Gasteiger partial charge is 0.489 e. The van der Waals surface area contributed by atoms with Crippen molar-refractivity contribution in [1.29, 1.82) is 0 Å². The minimum absolute atomic E-state index is 0.00656. The fourth-order valence-electron chi connectivity index (χ4n) is 5.24. The van der Waals surface area contributed by atoms with E-state index in [0.29, 0.717) is 16.7 Å². The van der Waals surface area contributed by atoms with Gasteiger partial charge in [0.2, 0.25) is 6.20 Å². The lowest BCUT2D eigenvalue weighted by atomic mass is 9.74. The number of hydrogen-bond acceptors (Lipinski definition) is 12. The number of Topliss-reactive ketones (excluding diaryl/α,β-unsaturated/α-hetero) is 1. The number of thiazole rings is 1. The lowest BCUT2D eigenvalue weighted by molar-refractivity contribution is -0.777. The summed E-state index contributed by atoms with van der Waals surface area (Å²) in [5.74, 6) is -3.02. The number of ether oxygens (including phenoxy) is 1. The summed E-state index contributed by atoms with van der Waals surface area (Å²) in [6.45, 7) is 3.34. The minimum Gasteiger partial charge on any atom is -0.489 e. The number of anilines is 1. The van der Waals surface area contributed by atoms with Gasteiger partial charge in [0.15, 0.2) is 23.2 Å². The zero-order valence-electron chi connectivity index (χ0n) is 24.7. The quantitative estimate of drug-likeness (QED) is 0.0734. The number of benzene rings is 1. The minimum atomic E-state index is -4.98. The Morgan fingerprint density at radius 1 is 1.31 bits per heavy atom. The second kappa shape index (κ2) is 12.3. The highest BCUT2D eigenvalue weighted by Gasteiger charge is 2.57. The van der Waals surface area contributed by atoms with Gasteiger partial charge in [0.1, 0.15) is 23.6 Å². The second-order valence-electron chi connectivity index (χ2n) is 11.5. The molecule has 2 fully saturated rings. The maximum atomic E-state index is 13.3. The molecule has 1 aliphatic heterocycles. The van der Waals surface area contributed by atoms with Gasteiger partial charge in [0.25, 0.3) is 12.0 Å². The topological polar surface area (TPSA) is 217 Å². The molecule has 4 N–H and O–H groups in total. The molecule has 0 radical (unpaired) electrons. The number of nitrogens with two attached hydrogens (primary N) is 1. The van der Waals surface area contributed by atoms with E-state index in [0.717, 1.165) is 28.8 Å². The molecule has 242 valence electrons. The van der Waals surface area contributed by atoms with Gasteiger partial charge in [-0.1, -0.05) is 11.6 Å². The summed E-state index contributed by atoms with van der Waals surface area (Å²) in [6, 6.07) is 5.40. The summed E-state index contributed by atoms with van der Waals surface area (Å²) in [4.78, 5) is 47.2. The number of carboxylic acids is 1. The molecular weight excluding hydrogens is 632 g/mol. The number of aryl methyl sites for hydroxylation is 1. The smallest absolute Gasteiger partial charge is 0.418 e. The Morgan fingerprint density at radius 3 is 2.62 bits per heavy atom. The summed E-state index contributed by atoms with van der Waals surface area (Å²) in [5, 5.41) is 16.5. The van der Waals surface area contributed by atoms with Crippen LogP contribution < -0.4 is 15.2 Å². The molecule has 3 heterocycles. The number of β-lactam (4-membered cyclic amide) rings is 1. The number of aliphatic carboxylic acids is 1. The first-order valence-electron chi connectivity index (χ1n) is 14.0. The maximum absolute atomic E-state index is 13.3. The van der Waals surface area contributed by atoms with Gasteiger partial charge >= 0.3 is 16.4 Å². The van der Waals surface area contributed by atoms with Crippen LogP contribution in [0.1, 0.15) is 45.2 Å². The average molecular weight is 666 g/mol. The van der Waals surface area contributed by atoms with Gasteiger partial charge < -0.3 is 20.4 Å². The molecule has 2 aliphatic rings. The highest BCUT2D eigenvalue weighted by atomic mass is 32.3. The fraction of sp³-hybridized carbons (Fsp3) is 0.481. The Morgan fingerprint density at radius 2 is 2.04 bits per heavy atom. The normalized spacial score (nSPS) is 19.2. The molecule has 3 aromatic rings. The van der Waals surface area contributed by atoms with Gasteiger partial charge in [-0.3, -0.25) is 14.1 Å². The van der Waals surface area contributed by atoms with Gasteiger partial charge in [-0.15, -0.1) is 20.3 Å². The number of hydrogen-bond donors (Lipinski definition) is 3. The molecule has 2 aromatic heterocycles. The van der Waals surface area contributed by atoms with E-state index in [1.165, 1.54) is 38.5 Å². The Labute approximate surface area is 261 Å². The summed E-state index contributed by atoms with van der Waals surface area (Å²) in [6.07, 6.45) is 3.60. The number of carboxylic acid groups (broad SMARTS) is 1. The number of fused-ring (bicyclic) bond motifs is 1. The van der Waals surface area contributed by atoms with Crippen molar-refractivity contribution in [2.45, 2.75) is 57.7 Å². The number of amides is 1. The van der Waals surface area contributed by atoms with Crippen LogP contribution in [0, 0.1) is 11.8 Å². The van der Waals surface area contributed by atoms with Gasteiger partial charge in [-0.25, -0.2) is 9.78 Å². The molecular formula is C27H33N6O10S2+. The van der Waals surface area contributed by atoms with Crippen molar-refractivity contribution in [3.05, 3.63) is 35.5 Å². The van der Waals surface area contributed by atoms with Gasteiger partial charge in [0.05, 0.1) is 23.9 Å². The summed E-state index contributed by atoms with van der Waals surface area (Å²) < 4.78 is 45.5. The molecule has 0 unspecified atom stereocenters. The molecule has 1 saturated carbocycles. The molecule has 5 rings (SSSR count). The number of oxime groups is 1. The predicted octanol–water partition coefficient (Wildman–Crippen LogP) is 1.49. The van der Waals surface area contributed by atoms with Gasteiger partial charge in [-0.2, -0.15) is 18.2 Å². The van der Waals surface area contributed by atoms with Crippen molar-refractivity contribution in [2.24, 2.45) is 24.0 Å². The predicted molar refractivity (Wildman–Crippen MR) is 158 cm³/mol. The van der Waals surface area contributed by atoms with E-state index in [4.69, 9.17) is 19.9 Å². The standard InChI is InChI=1S/C27H32N6O10S2/c1-27(2)18(24(35)33(27)43-45(38,39)40)10-21(34)23(19-14-44-26(28)29-19)30-42-22(25(36)37)13-41-17-7-8-20-16(9-17)12-32(31(20)3)11-15-5-4-6-15/h7-9,12,14-15,18,22H,4-6,10-11,13H2,1-3H3,(H3-,28,29,36,37,38,39,40)/p+1/b30-23-/t18-,22-/m1/s1. The van der Waals surface area contributed by atoms with E-state index in [1.807, 2.05) is 19.3 Å². The molecule has 1 amide bonds. The third-order valence-corrected chi connectivity index (χ3v) is 9.11. The Kier molecular flexibility index (Phi) is 8.85. The molecule has 45 heavy (non-hydrogen) atoms. The fourth-order valence-corrected chi connectivity index (χ4v) is 6.24. The van der Waals surface area contributed by atoms with Crippen molar-refractivity contribution >= 4 is 61.1 Å². The molecule has 16 nitrogen and oxygen atoms in total. The molecule has 0 spiro atoms. The second-order valence-corrected chi connectivity index (χ2v) is 13.4. The molecule has 1 saturated heterocycles. The number of rotatable bonds is 14. The van der Waals surface area contributed by atoms with Crippen LogP contribution in [-0.2, 0) is 47.5 Å². The zero-order chi connectivity index (χ0) is 32.7. The number of carbonyl (C=O) groups excluding carboxylic acids is 2. The van der Waals surface area contributed by atoms with E-state index >= 15 is 0 Å². The first kappa shape index (κ1) is 32.3. The Balaban J connectivity index is 1.29. The third-order valence-electron chi connectivity index (χ3n) is 8.10. The first-order valence-corrected chi connectivity index (χ1v) is 16.2. The van der Waals surface area contributed by atoms with E-state index in [2.05, 4.69) is 23.8 Å².